The number of hydrogen-bond donors (Lipinski definition) is 6. The van der Waals surface area contributed by atoms with Crippen LogP contribution in [0.3, 0.4) is 0 Å². The Balaban J connectivity index is 2.32. The summed E-state index contributed by atoms with van der Waals surface area (Å²) in [6.45, 7) is 3.51. The van der Waals surface area contributed by atoms with E-state index < -0.39 is 59.9 Å². The van der Waals surface area contributed by atoms with E-state index in [1.54, 1.807) is 0 Å². The number of aliphatic hydroxyl groups is 4. The molecule has 0 aliphatic carbocycles. The molecule has 1 fully saturated rings. The van der Waals surface area contributed by atoms with Crippen molar-refractivity contribution in [3.05, 3.63) is 0 Å². The van der Waals surface area contributed by atoms with Gasteiger partial charge in [0.2, 0.25) is 5.91 Å². The van der Waals surface area contributed by atoms with Gasteiger partial charge < -0.3 is 35.2 Å². The zero-order valence-corrected chi connectivity index (χ0v) is 46.9. The molecule has 0 spiro atoms. The van der Waals surface area contributed by atoms with E-state index in [1.807, 2.05) is 0 Å². The average molecular weight is 1030 g/mol. The Morgan fingerprint density at radius 2 is 0.817 bits per heavy atom. The Bertz CT molecular complexity index is 1260. The summed E-state index contributed by atoms with van der Waals surface area (Å²) in [5.74, 6) is -0.221. The molecule has 7 atom stereocenters. The van der Waals surface area contributed by atoms with Crippen molar-refractivity contribution in [1.82, 2.24) is 5.32 Å². The maximum absolute atomic E-state index is 13.2. The van der Waals surface area contributed by atoms with Gasteiger partial charge in [-0.3, -0.25) is 9.35 Å². The first-order valence-corrected chi connectivity index (χ1v) is 31.8. The smallest absolute Gasteiger partial charge is 0.394 e. The van der Waals surface area contributed by atoms with Crippen LogP contribution in [-0.2, 0) is 28.9 Å². The largest absolute Gasteiger partial charge is 0.397 e. The molecule has 0 aromatic heterocycles. The van der Waals surface area contributed by atoms with Crippen LogP contribution in [0, 0.1) is 0 Å². The summed E-state index contributed by atoms with van der Waals surface area (Å²) in [5, 5.41) is 45.2. The van der Waals surface area contributed by atoms with E-state index in [2.05, 4.69) is 23.3 Å². The molecule has 71 heavy (non-hydrogen) atoms. The van der Waals surface area contributed by atoms with Crippen LogP contribution in [0.1, 0.15) is 309 Å². The normalized spacial score (nSPS) is 19.3. The summed E-state index contributed by atoms with van der Waals surface area (Å²) in [6.07, 6.45) is 48.2. The highest BCUT2D eigenvalue weighted by atomic mass is 32.3. The lowest BCUT2D eigenvalue weighted by Gasteiger charge is -2.41. The predicted octanol–water partition coefficient (Wildman–Crippen LogP) is 14.5. The van der Waals surface area contributed by atoms with Gasteiger partial charge in [0.05, 0.1) is 25.4 Å². The topological polar surface area (TPSA) is 192 Å². The highest BCUT2D eigenvalue weighted by Crippen LogP contribution is 2.26. The lowest BCUT2D eigenvalue weighted by atomic mass is 9.99. The zero-order chi connectivity index (χ0) is 51.9. The number of ether oxygens (including phenoxy) is 2. The van der Waals surface area contributed by atoms with Gasteiger partial charge in [0.15, 0.2) is 6.29 Å². The van der Waals surface area contributed by atoms with Gasteiger partial charge in [0.1, 0.15) is 24.4 Å². The molecule has 13 heteroatoms. The molecule has 7 unspecified atom stereocenters. The van der Waals surface area contributed by atoms with Gasteiger partial charge in [-0.15, -0.1) is 0 Å². The molecule has 1 aliphatic heterocycles. The maximum atomic E-state index is 13.2. The van der Waals surface area contributed by atoms with Crippen molar-refractivity contribution in [3.63, 3.8) is 0 Å². The van der Waals surface area contributed by atoms with E-state index >= 15 is 0 Å². The summed E-state index contributed by atoms with van der Waals surface area (Å²) in [7, 11) is -5.08. The molecule has 0 aromatic rings. The van der Waals surface area contributed by atoms with Crippen LogP contribution < -0.4 is 5.32 Å². The lowest BCUT2D eigenvalue weighted by molar-refractivity contribution is -0.298. The van der Waals surface area contributed by atoms with Crippen LogP contribution in [0.15, 0.2) is 0 Å². The number of unbranched alkanes of at least 4 members (excludes halogenated alkanes) is 42. The van der Waals surface area contributed by atoms with Crippen LogP contribution in [0.5, 0.6) is 0 Å². The molecule has 0 saturated carbocycles. The standard InChI is InChI=1S/C58H115NO11S/c1-3-5-7-9-11-13-15-17-19-21-23-25-26-28-30-32-34-36-38-40-42-44-46-48-54(62)59-51(50-68-58-56(64)57(70-71(65,66)67)55(63)53(49-60)69-58)52(61)47-45-43-41-39-37-35-33-31-29-27-24-22-20-18-16-14-12-10-8-6-4-2/h51-53,55-58,60-61,63-64H,3-50H2,1-2H3,(H,59,62)(H,65,66,67). The van der Waals surface area contributed by atoms with Gasteiger partial charge in [0.25, 0.3) is 0 Å². The van der Waals surface area contributed by atoms with Gasteiger partial charge in [-0.1, -0.05) is 290 Å². The first-order chi connectivity index (χ1) is 34.5. The first kappa shape index (κ1) is 68.1. The van der Waals surface area contributed by atoms with Crippen molar-refractivity contribution in [3.8, 4) is 0 Å². The van der Waals surface area contributed by atoms with Gasteiger partial charge in [-0.2, -0.15) is 8.42 Å². The second-order valence-electron chi connectivity index (χ2n) is 21.7. The van der Waals surface area contributed by atoms with Gasteiger partial charge in [-0.25, -0.2) is 4.18 Å². The van der Waals surface area contributed by atoms with Gasteiger partial charge in [0, 0.05) is 6.42 Å². The fourth-order valence-corrected chi connectivity index (χ4v) is 10.7. The number of amides is 1. The summed E-state index contributed by atoms with van der Waals surface area (Å²) in [4.78, 5) is 13.2. The van der Waals surface area contributed by atoms with E-state index in [4.69, 9.17) is 9.47 Å². The van der Waals surface area contributed by atoms with Crippen molar-refractivity contribution < 1.29 is 51.8 Å². The molecule has 0 radical (unpaired) electrons. The van der Waals surface area contributed by atoms with Crippen LogP contribution >= 0.6 is 0 Å². The summed E-state index contributed by atoms with van der Waals surface area (Å²) in [6, 6.07) is -0.853. The fourth-order valence-electron chi connectivity index (χ4n) is 10.2. The van der Waals surface area contributed by atoms with Crippen LogP contribution in [0.2, 0.25) is 0 Å². The number of nitrogens with one attached hydrogen (secondary N) is 1. The molecular formula is C58H115NO11S. The first-order valence-electron chi connectivity index (χ1n) is 30.4. The molecule has 1 heterocycles. The number of carbonyl (C=O) groups excluding carboxylic acids is 1. The summed E-state index contributed by atoms with van der Waals surface area (Å²) < 4.78 is 48.0. The molecule has 424 valence electrons. The van der Waals surface area contributed by atoms with Crippen molar-refractivity contribution in [2.45, 2.75) is 352 Å². The lowest BCUT2D eigenvalue weighted by Crippen LogP contribution is -2.61. The third-order valence-electron chi connectivity index (χ3n) is 14.9. The van der Waals surface area contributed by atoms with Crippen molar-refractivity contribution in [2.75, 3.05) is 13.2 Å². The molecule has 12 nitrogen and oxygen atoms in total. The molecule has 1 amide bonds. The maximum Gasteiger partial charge on any atom is 0.397 e. The highest BCUT2D eigenvalue weighted by molar-refractivity contribution is 7.80. The molecular weight excluding hydrogens is 919 g/mol. The Hall–Kier alpha value is -0.900. The second-order valence-corrected chi connectivity index (χ2v) is 22.7. The highest BCUT2D eigenvalue weighted by Gasteiger charge is 2.48. The molecule has 0 aromatic carbocycles. The minimum absolute atomic E-state index is 0.221. The van der Waals surface area contributed by atoms with Crippen LogP contribution in [-0.4, -0.2) is 95.4 Å². The number of aliphatic hydroxyl groups excluding tert-OH is 4. The van der Waals surface area contributed by atoms with E-state index in [9.17, 15) is 38.2 Å². The molecule has 1 saturated heterocycles. The fraction of sp³-hybridized carbons (Fsp3) is 0.983. The SMILES string of the molecule is CCCCCCCCCCCCCCCCCCCCCCCCCC(=O)NC(COC1OC(CO)C(O)C(OS(=O)(=O)O)C1O)C(O)CCCCCCCCCCCCCCCCCCCCCCC. The second kappa shape index (κ2) is 48.7. The third kappa shape index (κ3) is 41.0. The Labute approximate surface area is 437 Å². The number of rotatable bonds is 54. The molecule has 1 aliphatic rings. The summed E-state index contributed by atoms with van der Waals surface area (Å²) >= 11 is 0. The Morgan fingerprint density at radius 1 is 0.507 bits per heavy atom. The molecule has 1 rings (SSSR count). The van der Waals surface area contributed by atoms with E-state index in [-0.39, 0.29) is 12.5 Å². The quantitative estimate of drug-likeness (QED) is 0.0251. The van der Waals surface area contributed by atoms with Crippen LogP contribution in [0.25, 0.3) is 0 Å². The van der Waals surface area contributed by atoms with E-state index in [0.29, 0.717) is 12.8 Å². The van der Waals surface area contributed by atoms with E-state index in [1.165, 1.54) is 231 Å². The third-order valence-corrected chi connectivity index (χ3v) is 15.4. The monoisotopic (exact) mass is 1030 g/mol. The minimum atomic E-state index is -5.08. The van der Waals surface area contributed by atoms with Gasteiger partial charge in [-0.05, 0) is 12.8 Å². The van der Waals surface area contributed by atoms with Gasteiger partial charge >= 0.3 is 10.4 Å². The average Bonchev–Trinajstić information content (AvgIpc) is 3.34. The van der Waals surface area contributed by atoms with Crippen molar-refractivity contribution >= 4 is 16.3 Å². The number of hydrogen-bond acceptors (Lipinski definition) is 10. The molecule has 6 N–H and O–H groups in total. The minimum Gasteiger partial charge on any atom is -0.394 e. The number of carbonyl (C=O) groups is 1. The van der Waals surface area contributed by atoms with Crippen molar-refractivity contribution in [2.24, 2.45) is 0 Å². The van der Waals surface area contributed by atoms with Crippen LogP contribution in [0.4, 0.5) is 0 Å². The zero-order valence-electron chi connectivity index (χ0n) is 46.1. The van der Waals surface area contributed by atoms with Crippen molar-refractivity contribution in [1.29, 1.82) is 0 Å². The Morgan fingerprint density at radius 3 is 1.13 bits per heavy atom. The van der Waals surface area contributed by atoms with E-state index in [0.717, 1.165) is 51.4 Å². The summed E-state index contributed by atoms with van der Waals surface area (Å²) in [5.41, 5.74) is 0. The Kier molecular flexibility index (Phi) is 46.7. The predicted molar refractivity (Wildman–Crippen MR) is 292 cm³/mol. The molecule has 0 bridgehead atoms.